The second-order valence-corrected chi connectivity index (χ2v) is 10.2. The number of methoxy groups -OCH3 is 2. The van der Waals surface area contributed by atoms with Crippen LogP contribution >= 0.6 is 22.9 Å². The van der Waals surface area contributed by atoms with E-state index < -0.39 is 23.8 Å². The number of carbonyl (C=O) groups excluding carboxylic acids is 2. The van der Waals surface area contributed by atoms with Crippen LogP contribution in [-0.2, 0) is 14.3 Å². The normalized spacial score (nSPS) is 21.5. The van der Waals surface area contributed by atoms with Gasteiger partial charge in [0, 0.05) is 33.8 Å². The van der Waals surface area contributed by atoms with E-state index in [0.29, 0.717) is 46.4 Å². The fourth-order valence-electron chi connectivity index (χ4n) is 4.92. The lowest BCUT2D eigenvalue weighted by Gasteiger charge is -2.34. The molecule has 198 valence electrons. The van der Waals surface area contributed by atoms with Crippen molar-refractivity contribution in [1.29, 1.82) is 0 Å². The van der Waals surface area contributed by atoms with E-state index in [1.165, 1.54) is 50.0 Å². The number of aliphatic imine (C=N–C) groups is 1. The predicted molar refractivity (Wildman–Crippen MR) is 138 cm³/mol. The molecule has 5 rings (SSSR count). The number of hydrogen-bond donors (Lipinski definition) is 1. The number of carbonyl (C=O) groups is 2. The minimum absolute atomic E-state index is 0.0184. The average molecular weight is 559 g/mol. The van der Waals surface area contributed by atoms with Crippen molar-refractivity contribution in [3.05, 3.63) is 80.3 Å². The van der Waals surface area contributed by atoms with Gasteiger partial charge in [-0.25, -0.2) is 23.9 Å². The minimum atomic E-state index is -0.808. The van der Waals surface area contributed by atoms with Crippen LogP contribution in [0.1, 0.15) is 64.6 Å². The van der Waals surface area contributed by atoms with Crippen molar-refractivity contribution < 1.29 is 27.9 Å². The van der Waals surface area contributed by atoms with Crippen LogP contribution in [0.3, 0.4) is 0 Å². The van der Waals surface area contributed by atoms with Crippen LogP contribution in [0.15, 0.2) is 56.7 Å². The van der Waals surface area contributed by atoms with Gasteiger partial charge in [0.05, 0.1) is 19.8 Å². The lowest BCUT2D eigenvalue weighted by atomic mass is 9.78. The molecule has 3 heterocycles. The molecule has 9 nitrogen and oxygen atoms in total. The van der Waals surface area contributed by atoms with Crippen LogP contribution in [-0.4, -0.2) is 42.0 Å². The largest absolute Gasteiger partial charge is 0.466 e. The molecule has 1 unspecified atom stereocenters. The maximum Gasteiger partial charge on any atom is 0.360 e. The van der Waals surface area contributed by atoms with Crippen LogP contribution < -0.4 is 5.32 Å². The van der Waals surface area contributed by atoms with Gasteiger partial charge in [0.15, 0.2) is 22.4 Å². The maximum absolute atomic E-state index is 13.9. The first kappa shape index (κ1) is 26.1. The Labute approximate surface area is 226 Å². The van der Waals surface area contributed by atoms with E-state index in [2.05, 4.69) is 15.3 Å². The van der Waals surface area contributed by atoms with Gasteiger partial charge in [0.1, 0.15) is 18.1 Å². The number of halogens is 2. The molecule has 0 saturated heterocycles. The van der Waals surface area contributed by atoms with Crippen molar-refractivity contribution in [2.24, 2.45) is 10.9 Å². The summed E-state index contributed by atoms with van der Waals surface area (Å²) < 4.78 is 29.3. The average Bonchev–Trinajstić information content (AvgIpc) is 3.65. The van der Waals surface area contributed by atoms with Gasteiger partial charge in [-0.15, -0.1) is 11.3 Å². The van der Waals surface area contributed by atoms with E-state index >= 15 is 0 Å². The second-order valence-electron chi connectivity index (χ2n) is 8.94. The Balaban J connectivity index is 1.49. The van der Waals surface area contributed by atoms with Crippen LogP contribution in [0, 0.1) is 11.7 Å². The number of nitrogens with one attached hydrogen (secondary N) is 1. The molecule has 0 bridgehead atoms. The first-order valence-electron chi connectivity index (χ1n) is 11.9. The van der Waals surface area contributed by atoms with Gasteiger partial charge in [-0.3, -0.25) is 4.99 Å². The van der Waals surface area contributed by atoms with Crippen molar-refractivity contribution in [3.8, 4) is 0 Å². The number of rotatable bonds is 6. The van der Waals surface area contributed by atoms with Crippen molar-refractivity contribution in [2.75, 3.05) is 14.2 Å². The summed E-state index contributed by atoms with van der Waals surface area (Å²) in [5, 5.41) is 6.01. The van der Waals surface area contributed by atoms with Crippen LogP contribution in [0.4, 0.5) is 4.39 Å². The number of oxazole rings is 1. The molecule has 1 aliphatic carbocycles. The molecule has 1 aliphatic heterocycles. The van der Waals surface area contributed by atoms with Crippen molar-refractivity contribution in [3.63, 3.8) is 0 Å². The summed E-state index contributed by atoms with van der Waals surface area (Å²) in [4.78, 5) is 38.4. The Morgan fingerprint density at radius 2 is 1.87 bits per heavy atom. The fraction of sp³-hybridized carbons (Fsp3) is 0.346. The molecule has 3 aromatic rings. The van der Waals surface area contributed by atoms with Crippen LogP contribution in [0.25, 0.3) is 0 Å². The molecule has 12 heteroatoms. The number of nitrogens with zero attached hydrogens (tertiary/aromatic N) is 3. The number of allylic oxidation sites excluding steroid dienone is 1. The van der Waals surface area contributed by atoms with Crippen molar-refractivity contribution in [1.82, 2.24) is 15.3 Å². The number of thiazole rings is 1. The Kier molecular flexibility index (Phi) is 7.57. The Morgan fingerprint density at radius 3 is 2.53 bits per heavy atom. The molecular formula is C26H24ClFN4O5S. The number of ether oxygens (including phenoxy) is 2. The zero-order valence-corrected chi connectivity index (χ0v) is 22.1. The SMILES string of the molecule is COC(=O)C1=C([C@H]2CC[C@H](c3nc(C(=O)OC)co3)CC2)NC(c2nccs2)=NC1c1ccc(F)cc1Cl. The summed E-state index contributed by atoms with van der Waals surface area (Å²) in [6, 6.07) is 3.23. The lowest BCUT2D eigenvalue weighted by Crippen LogP contribution is -2.37. The quantitative estimate of drug-likeness (QED) is 0.410. The molecule has 1 atom stereocenters. The van der Waals surface area contributed by atoms with Gasteiger partial charge in [0.2, 0.25) is 0 Å². The molecule has 0 spiro atoms. The monoisotopic (exact) mass is 558 g/mol. The third kappa shape index (κ3) is 5.08. The highest BCUT2D eigenvalue weighted by Gasteiger charge is 2.38. The molecule has 0 radical (unpaired) electrons. The van der Waals surface area contributed by atoms with E-state index in [1.54, 1.807) is 6.20 Å². The number of aromatic nitrogens is 2. The zero-order valence-electron chi connectivity index (χ0n) is 20.6. The zero-order chi connectivity index (χ0) is 26.8. The molecule has 1 aromatic carbocycles. The van der Waals surface area contributed by atoms with E-state index in [1.807, 2.05) is 5.38 Å². The van der Waals surface area contributed by atoms with Gasteiger partial charge >= 0.3 is 11.9 Å². The first-order valence-corrected chi connectivity index (χ1v) is 13.2. The van der Waals surface area contributed by atoms with Crippen LogP contribution in [0.5, 0.6) is 0 Å². The molecule has 38 heavy (non-hydrogen) atoms. The summed E-state index contributed by atoms with van der Waals surface area (Å²) in [7, 11) is 2.61. The van der Waals surface area contributed by atoms with E-state index in [9.17, 15) is 14.0 Å². The Bertz CT molecular complexity index is 1410. The van der Waals surface area contributed by atoms with Gasteiger partial charge in [-0.2, -0.15) is 0 Å². The highest BCUT2D eigenvalue weighted by atomic mass is 35.5. The summed E-state index contributed by atoms with van der Waals surface area (Å²) in [6.07, 6.45) is 5.83. The van der Waals surface area contributed by atoms with Crippen molar-refractivity contribution >= 4 is 40.7 Å². The Morgan fingerprint density at radius 1 is 1.13 bits per heavy atom. The number of hydrogen-bond acceptors (Lipinski definition) is 10. The molecule has 1 N–H and O–H groups in total. The molecule has 1 fully saturated rings. The molecular weight excluding hydrogens is 535 g/mol. The molecule has 2 aliphatic rings. The predicted octanol–water partition coefficient (Wildman–Crippen LogP) is 5.20. The minimum Gasteiger partial charge on any atom is -0.466 e. The standard InChI is InChI=1S/C26H24ClFN4O5S/c1-35-25(33)18-12-37-23(30-18)14-5-3-13(4-6-14)20-19(26(34)36-2)21(16-8-7-15(28)11-17(16)27)32-22(31-20)24-29-9-10-38-24/h7-14,21H,3-6H2,1-2H3,(H,31,32)/t13-,14-,21?. The lowest BCUT2D eigenvalue weighted by molar-refractivity contribution is -0.136. The number of benzene rings is 1. The molecule has 2 aromatic heterocycles. The van der Waals surface area contributed by atoms with Gasteiger partial charge in [-0.05, 0) is 43.7 Å². The topological polar surface area (TPSA) is 116 Å². The fourth-order valence-corrected chi connectivity index (χ4v) is 5.78. The van der Waals surface area contributed by atoms with E-state index in [4.69, 9.17) is 30.5 Å². The van der Waals surface area contributed by atoms with E-state index in [0.717, 1.165) is 12.8 Å². The van der Waals surface area contributed by atoms with E-state index in [-0.39, 0.29) is 22.6 Å². The van der Waals surface area contributed by atoms with Gasteiger partial charge in [-0.1, -0.05) is 17.7 Å². The van der Waals surface area contributed by atoms with Crippen LogP contribution in [0.2, 0.25) is 5.02 Å². The summed E-state index contributed by atoms with van der Waals surface area (Å²) >= 11 is 7.84. The van der Waals surface area contributed by atoms with Crippen molar-refractivity contribution in [2.45, 2.75) is 37.6 Å². The third-order valence-corrected chi connectivity index (χ3v) is 7.88. The summed E-state index contributed by atoms with van der Waals surface area (Å²) in [5.74, 6) is -0.604. The highest BCUT2D eigenvalue weighted by molar-refractivity contribution is 7.11. The smallest absolute Gasteiger partial charge is 0.360 e. The number of amidine groups is 1. The third-order valence-electron chi connectivity index (χ3n) is 6.77. The second kappa shape index (κ2) is 11.0. The first-order chi connectivity index (χ1) is 18.4. The molecule has 0 amide bonds. The Hall–Kier alpha value is -3.57. The highest BCUT2D eigenvalue weighted by Crippen LogP contribution is 2.43. The van der Waals surface area contributed by atoms with Gasteiger partial charge < -0.3 is 19.2 Å². The van der Waals surface area contributed by atoms with Gasteiger partial charge in [0.25, 0.3) is 0 Å². The number of esters is 2. The maximum atomic E-state index is 13.9. The summed E-state index contributed by atoms with van der Waals surface area (Å²) in [5.41, 5.74) is 1.64. The summed E-state index contributed by atoms with van der Waals surface area (Å²) in [6.45, 7) is 0. The molecule has 1 saturated carbocycles.